The quantitative estimate of drug-likeness (QED) is 0.143. The van der Waals surface area contributed by atoms with E-state index in [0.717, 1.165) is 16.8 Å². The first-order valence-corrected chi connectivity index (χ1v) is 16.9. The fourth-order valence-corrected chi connectivity index (χ4v) is 8.84. The van der Waals surface area contributed by atoms with Crippen molar-refractivity contribution in [3.63, 3.8) is 0 Å². The summed E-state index contributed by atoms with van der Waals surface area (Å²) < 4.78 is 2.62. The maximum Gasteiger partial charge on any atom is 0.0788 e. The van der Waals surface area contributed by atoms with Gasteiger partial charge < -0.3 is 0 Å². The number of hydrogen-bond acceptors (Lipinski definition) is 2. The maximum atomic E-state index is 5.18. The third-order valence-corrected chi connectivity index (χ3v) is 10.8. The first-order chi connectivity index (χ1) is 23.3. The van der Waals surface area contributed by atoms with E-state index in [9.17, 15) is 0 Å². The van der Waals surface area contributed by atoms with Gasteiger partial charge in [-0.3, -0.25) is 0 Å². The van der Waals surface area contributed by atoms with Crippen LogP contribution in [0.3, 0.4) is 0 Å². The molecule has 218 valence electrons. The Morgan fingerprint density at radius 1 is 0.362 bits per heavy atom. The van der Waals surface area contributed by atoms with E-state index in [1.807, 2.05) is 11.3 Å². The molecule has 0 atom stereocenters. The molecule has 0 amide bonds. The topological polar surface area (TPSA) is 12.9 Å². The Morgan fingerprint density at radius 3 is 1.55 bits per heavy atom. The third-order valence-electron chi connectivity index (χ3n) is 9.63. The van der Waals surface area contributed by atoms with Gasteiger partial charge in [0.15, 0.2) is 0 Å². The second kappa shape index (κ2) is 10.3. The summed E-state index contributed by atoms with van der Waals surface area (Å²) in [6, 6.07) is 59.5. The number of aromatic nitrogens is 1. The van der Waals surface area contributed by atoms with Crippen molar-refractivity contribution >= 4 is 74.7 Å². The van der Waals surface area contributed by atoms with Crippen molar-refractivity contribution in [2.24, 2.45) is 0 Å². The zero-order valence-electron chi connectivity index (χ0n) is 25.4. The first-order valence-electron chi connectivity index (χ1n) is 16.1. The van der Waals surface area contributed by atoms with Gasteiger partial charge in [-0.05, 0) is 62.0 Å². The molecule has 0 N–H and O–H groups in total. The molecule has 0 aliphatic heterocycles. The monoisotopic (exact) mass is 613 g/mol. The van der Waals surface area contributed by atoms with Crippen molar-refractivity contribution < 1.29 is 0 Å². The summed E-state index contributed by atoms with van der Waals surface area (Å²) in [7, 11) is 0. The fourth-order valence-electron chi connectivity index (χ4n) is 7.59. The van der Waals surface area contributed by atoms with Crippen LogP contribution in [0.5, 0.6) is 0 Å². The average Bonchev–Trinajstić information content (AvgIpc) is 3.52. The summed E-state index contributed by atoms with van der Waals surface area (Å²) in [6.45, 7) is 0. The molecule has 47 heavy (non-hydrogen) atoms. The van der Waals surface area contributed by atoms with Crippen molar-refractivity contribution in [3.8, 4) is 33.5 Å². The SMILES string of the molecule is c1ccc(-c2c3ccccc3c(-c3ccc4sc5c(ccc6c(-c7ccccc7)nc7ccccc7c65)c4c3)c3ccccc23)cc1. The van der Waals surface area contributed by atoms with Crippen molar-refractivity contribution in [2.75, 3.05) is 0 Å². The lowest BCUT2D eigenvalue weighted by molar-refractivity contribution is 1.43. The predicted molar refractivity (Wildman–Crippen MR) is 203 cm³/mol. The third kappa shape index (κ3) is 3.99. The van der Waals surface area contributed by atoms with Gasteiger partial charge in [0.05, 0.1) is 11.2 Å². The van der Waals surface area contributed by atoms with Gasteiger partial charge in [-0.2, -0.15) is 0 Å². The van der Waals surface area contributed by atoms with Crippen LogP contribution in [-0.4, -0.2) is 4.98 Å². The lowest BCUT2D eigenvalue weighted by Crippen LogP contribution is -1.90. The summed E-state index contributed by atoms with van der Waals surface area (Å²) in [6.07, 6.45) is 0. The molecular formula is C45H27NS. The molecular weight excluding hydrogens is 587 g/mol. The van der Waals surface area contributed by atoms with Crippen molar-refractivity contribution in [2.45, 2.75) is 0 Å². The molecule has 1 nitrogen and oxygen atoms in total. The number of thiophene rings is 1. The average molecular weight is 614 g/mol. The lowest BCUT2D eigenvalue weighted by atomic mass is 9.86. The largest absolute Gasteiger partial charge is 0.247 e. The maximum absolute atomic E-state index is 5.18. The van der Waals surface area contributed by atoms with Gasteiger partial charge >= 0.3 is 0 Å². The molecule has 0 spiro atoms. The van der Waals surface area contributed by atoms with Gasteiger partial charge in [0, 0.05) is 41.9 Å². The van der Waals surface area contributed by atoms with E-state index < -0.39 is 0 Å². The van der Waals surface area contributed by atoms with Gasteiger partial charge in [-0.15, -0.1) is 11.3 Å². The Labute approximate surface area is 276 Å². The minimum atomic E-state index is 1.03. The molecule has 0 bridgehead atoms. The summed E-state index contributed by atoms with van der Waals surface area (Å²) >= 11 is 1.89. The highest BCUT2D eigenvalue weighted by molar-refractivity contribution is 7.26. The molecule has 2 heterocycles. The summed E-state index contributed by atoms with van der Waals surface area (Å²) in [5.74, 6) is 0. The van der Waals surface area contributed by atoms with E-state index in [1.54, 1.807) is 0 Å². The minimum Gasteiger partial charge on any atom is -0.247 e. The Balaban J connectivity index is 1.28. The number of hydrogen-bond donors (Lipinski definition) is 0. The molecule has 8 aromatic carbocycles. The smallest absolute Gasteiger partial charge is 0.0788 e. The Bertz CT molecular complexity index is 2770. The van der Waals surface area contributed by atoms with Gasteiger partial charge in [0.25, 0.3) is 0 Å². The molecule has 0 aliphatic rings. The molecule has 2 heteroatoms. The van der Waals surface area contributed by atoms with Crippen LogP contribution in [0.1, 0.15) is 0 Å². The van der Waals surface area contributed by atoms with E-state index >= 15 is 0 Å². The Morgan fingerprint density at radius 2 is 0.894 bits per heavy atom. The number of para-hydroxylation sites is 1. The summed E-state index contributed by atoms with van der Waals surface area (Å²) in [5.41, 5.74) is 8.28. The number of fused-ring (bicyclic) bond motifs is 9. The predicted octanol–water partition coefficient (Wildman–Crippen LogP) is 13.1. The highest BCUT2D eigenvalue weighted by Crippen LogP contribution is 2.47. The van der Waals surface area contributed by atoms with Crippen LogP contribution >= 0.6 is 11.3 Å². The second-order valence-corrected chi connectivity index (χ2v) is 13.3. The van der Waals surface area contributed by atoms with Crippen molar-refractivity contribution in [1.82, 2.24) is 4.98 Å². The molecule has 2 aromatic heterocycles. The van der Waals surface area contributed by atoms with Gasteiger partial charge in [-0.25, -0.2) is 4.98 Å². The van der Waals surface area contributed by atoms with E-state index in [1.165, 1.54) is 80.1 Å². The van der Waals surface area contributed by atoms with Crippen molar-refractivity contribution in [3.05, 3.63) is 164 Å². The molecule has 10 aromatic rings. The van der Waals surface area contributed by atoms with E-state index in [2.05, 4.69) is 164 Å². The van der Waals surface area contributed by atoms with Crippen LogP contribution < -0.4 is 0 Å². The van der Waals surface area contributed by atoms with E-state index in [0.29, 0.717) is 0 Å². The van der Waals surface area contributed by atoms with Crippen LogP contribution in [0.4, 0.5) is 0 Å². The Hall–Kier alpha value is -5.83. The summed E-state index contributed by atoms with van der Waals surface area (Å²) in [4.78, 5) is 5.18. The zero-order chi connectivity index (χ0) is 30.9. The van der Waals surface area contributed by atoms with Gasteiger partial charge in [0.1, 0.15) is 0 Å². The number of benzene rings is 8. The van der Waals surface area contributed by atoms with Gasteiger partial charge in [-0.1, -0.05) is 146 Å². The Kier molecular flexibility index (Phi) is 5.81. The van der Waals surface area contributed by atoms with Gasteiger partial charge in [0.2, 0.25) is 0 Å². The van der Waals surface area contributed by atoms with E-state index in [-0.39, 0.29) is 0 Å². The molecule has 0 radical (unpaired) electrons. The van der Waals surface area contributed by atoms with Crippen LogP contribution in [-0.2, 0) is 0 Å². The van der Waals surface area contributed by atoms with Crippen LogP contribution in [0.15, 0.2) is 164 Å². The molecule has 0 unspecified atom stereocenters. The standard InChI is InChI=1S/C45H27NS/c1-3-13-28(14-4-1)41-31-17-7-9-19-33(31)42(34-20-10-8-18-32(34)41)30-23-26-40-38(27-30)35-24-25-37-43(45(35)47-40)36-21-11-12-22-39(36)46-44(37)29-15-5-2-6-16-29/h1-27H. The number of pyridine rings is 1. The number of nitrogens with zero attached hydrogens (tertiary/aromatic N) is 1. The van der Waals surface area contributed by atoms with Crippen LogP contribution in [0.2, 0.25) is 0 Å². The zero-order valence-corrected chi connectivity index (χ0v) is 26.3. The molecule has 0 saturated carbocycles. The minimum absolute atomic E-state index is 1.03. The number of rotatable bonds is 3. The molecule has 0 aliphatic carbocycles. The van der Waals surface area contributed by atoms with Crippen LogP contribution in [0, 0.1) is 0 Å². The van der Waals surface area contributed by atoms with E-state index in [4.69, 9.17) is 4.98 Å². The normalized spacial score (nSPS) is 11.8. The molecule has 10 rings (SSSR count). The highest BCUT2D eigenvalue weighted by atomic mass is 32.1. The van der Waals surface area contributed by atoms with Crippen LogP contribution in [0.25, 0.3) is 96.9 Å². The van der Waals surface area contributed by atoms with Crippen molar-refractivity contribution in [1.29, 1.82) is 0 Å². The first kappa shape index (κ1) is 26.4. The lowest BCUT2D eigenvalue weighted by Gasteiger charge is -2.17. The molecule has 0 fully saturated rings. The summed E-state index contributed by atoms with van der Waals surface area (Å²) in [5, 5.41) is 11.4. The molecule has 0 saturated heterocycles. The highest BCUT2D eigenvalue weighted by Gasteiger charge is 2.19. The second-order valence-electron chi connectivity index (χ2n) is 12.2. The fraction of sp³-hybridized carbons (Fsp3) is 0.